The smallest absolute Gasteiger partial charge is 0.263 e. The highest BCUT2D eigenvalue weighted by molar-refractivity contribution is 7.90. The summed E-state index contributed by atoms with van der Waals surface area (Å²) in [4.78, 5) is 32.7. The van der Waals surface area contributed by atoms with E-state index in [1.54, 1.807) is 28.0 Å². The van der Waals surface area contributed by atoms with Crippen LogP contribution in [0, 0.1) is 0 Å². The minimum atomic E-state index is -3.64. The van der Waals surface area contributed by atoms with Gasteiger partial charge in [-0.25, -0.2) is 8.42 Å². The Balaban J connectivity index is 1.82. The molecule has 2 aliphatic heterocycles. The summed E-state index contributed by atoms with van der Waals surface area (Å²) in [5.41, 5.74) is 0.498. The molecule has 1 aromatic rings. The molecule has 1 atom stereocenters. The van der Waals surface area contributed by atoms with E-state index in [4.69, 9.17) is 0 Å². The molecule has 2 amide bonds. The number of nitrogens with one attached hydrogen (secondary N) is 1. The van der Waals surface area contributed by atoms with Crippen LogP contribution in [0.4, 0.5) is 0 Å². The van der Waals surface area contributed by atoms with E-state index in [0.717, 1.165) is 12.8 Å². The monoisotopic (exact) mass is 406 g/mol. The summed E-state index contributed by atoms with van der Waals surface area (Å²) in [5.74, 6) is 0.118. The highest BCUT2D eigenvalue weighted by atomic mass is 32.2. The van der Waals surface area contributed by atoms with E-state index in [-0.39, 0.29) is 22.5 Å². The van der Waals surface area contributed by atoms with Crippen LogP contribution >= 0.6 is 0 Å². The molecule has 152 valence electrons. The minimum absolute atomic E-state index is 0.00634. The van der Waals surface area contributed by atoms with E-state index < -0.39 is 16.1 Å². The molecule has 0 saturated carbocycles. The molecule has 1 aromatic carbocycles. The van der Waals surface area contributed by atoms with Gasteiger partial charge in [0.25, 0.3) is 10.0 Å². The Hall–Kier alpha value is -2.42. The van der Waals surface area contributed by atoms with Gasteiger partial charge in [-0.3, -0.25) is 19.3 Å². The van der Waals surface area contributed by atoms with E-state index in [9.17, 15) is 18.0 Å². The standard InChI is InChI=1S/C19H26N4O4S/c1-3-4-8-16(19(25)23-12-10-22(11-13-23)14(2)24)20-18-15-7-5-6-9-17(15)28(26,27)21-18/h5-7,9,16H,3-4,8,10-13H2,1-2H3,(H,20,21)/t16-/m1/s1. The highest BCUT2D eigenvalue weighted by Gasteiger charge is 2.33. The Labute approximate surface area is 165 Å². The summed E-state index contributed by atoms with van der Waals surface area (Å²) in [5, 5.41) is 0. The number of hydrogen-bond donors (Lipinski definition) is 1. The van der Waals surface area contributed by atoms with E-state index in [0.29, 0.717) is 38.2 Å². The number of rotatable bonds is 5. The molecular formula is C19H26N4O4S. The number of carbonyl (C=O) groups excluding carboxylic acids is 2. The molecule has 0 aliphatic carbocycles. The maximum Gasteiger partial charge on any atom is 0.263 e. The number of amides is 2. The molecule has 2 aliphatic rings. The van der Waals surface area contributed by atoms with Gasteiger partial charge in [0.2, 0.25) is 11.8 Å². The molecule has 0 radical (unpaired) electrons. The van der Waals surface area contributed by atoms with Crippen LogP contribution in [0.3, 0.4) is 0 Å². The molecule has 9 heteroatoms. The Morgan fingerprint density at radius 1 is 1.14 bits per heavy atom. The molecule has 0 spiro atoms. The van der Waals surface area contributed by atoms with Crippen molar-refractivity contribution >= 4 is 27.7 Å². The zero-order chi connectivity index (χ0) is 20.3. The third-order valence-corrected chi connectivity index (χ3v) is 6.50. The van der Waals surface area contributed by atoms with Crippen molar-refractivity contribution in [1.82, 2.24) is 14.5 Å². The molecule has 0 aromatic heterocycles. The summed E-state index contributed by atoms with van der Waals surface area (Å²) in [6.07, 6.45) is 2.28. The number of sulfonamides is 1. The van der Waals surface area contributed by atoms with Crippen LogP contribution < -0.4 is 4.72 Å². The lowest BCUT2D eigenvalue weighted by atomic mass is 10.1. The van der Waals surface area contributed by atoms with Crippen LogP contribution in [0.15, 0.2) is 34.2 Å². The number of unbranched alkanes of at least 4 members (excludes halogenated alkanes) is 1. The average molecular weight is 407 g/mol. The summed E-state index contributed by atoms with van der Waals surface area (Å²) in [6.45, 7) is 5.51. The first-order valence-corrected chi connectivity index (χ1v) is 11.1. The van der Waals surface area contributed by atoms with Crippen LogP contribution in [-0.4, -0.2) is 68.1 Å². The van der Waals surface area contributed by atoms with Crippen LogP contribution in [0.2, 0.25) is 0 Å². The predicted molar refractivity (Wildman–Crippen MR) is 105 cm³/mol. The van der Waals surface area contributed by atoms with Crippen molar-refractivity contribution in [1.29, 1.82) is 0 Å². The van der Waals surface area contributed by atoms with Crippen LogP contribution in [-0.2, 0) is 19.6 Å². The topological polar surface area (TPSA) is 99.1 Å². The maximum absolute atomic E-state index is 13.1. The number of nitrogens with zero attached hydrogens (tertiary/aromatic N) is 3. The predicted octanol–water partition coefficient (Wildman–Crippen LogP) is 0.975. The third-order valence-electron chi connectivity index (χ3n) is 5.10. The number of fused-ring (bicyclic) bond motifs is 1. The lowest BCUT2D eigenvalue weighted by Crippen LogP contribution is -2.52. The fourth-order valence-corrected chi connectivity index (χ4v) is 4.72. The van der Waals surface area contributed by atoms with Gasteiger partial charge in [-0.2, -0.15) is 0 Å². The van der Waals surface area contributed by atoms with Gasteiger partial charge in [-0.05, 0) is 18.6 Å². The number of aliphatic imine (C=N–C) groups is 1. The van der Waals surface area contributed by atoms with Gasteiger partial charge < -0.3 is 9.80 Å². The average Bonchev–Trinajstić information content (AvgIpc) is 2.95. The zero-order valence-electron chi connectivity index (χ0n) is 16.2. The Morgan fingerprint density at radius 3 is 2.43 bits per heavy atom. The van der Waals surface area contributed by atoms with Crippen molar-refractivity contribution in [3.8, 4) is 0 Å². The fraction of sp³-hybridized carbons (Fsp3) is 0.526. The van der Waals surface area contributed by atoms with Gasteiger partial charge in [0.1, 0.15) is 11.9 Å². The second-order valence-electron chi connectivity index (χ2n) is 7.07. The molecular weight excluding hydrogens is 380 g/mol. The quantitative estimate of drug-likeness (QED) is 0.788. The Bertz CT molecular complexity index is 889. The maximum atomic E-state index is 13.1. The number of benzene rings is 1. The lowest BCUT2D eigenvalue weighted by molar-refractivity contribution is -0.139. The molecule has 0 unspecified atom stereocenters. The van der Waals surface area contributed by atoms with E-state index in [1.807, 2.05) is 6.92 Å². The Kier molecular flexibility index (Phi) is 6.02. The van der Waals surface area contributed by atoms with Crippen molar-refractivity contribution in [2.24, 2.45) is 4.99 Å². The SMILES string of the molecule is CCCC[C@@H](N=C1NS(=O)(=O)c2ccccc21)C(=O)N1CCN(C(C)=O)CC1. The van der Waals surface area contributed by atoms with E-state index >= 15 is 0 Å². The minimum Gasteiger partial charge on any atom is -0.339 e. The number of piperazine rings is 1. The van der Waals surface area contributed by atoms with E-state index in [2.05, 4.69) is 9.71 Å². The van der Waals surface area contributed by atoms with Gasteiger partial charge in [-0.15, -0.1) is 0 Å². The summed E-state index contributed by atoms with van der Waals surface area (Å²) < 4.78 is 27.1. The molecule has 1 saturated heterocycles. The summed E-state index contributed by atoms with van der Waals surface area (Å²) >= 11 is 0. The highest BCUT2D eigenvalue weighted by Crippen LogP contribution is 2.23. The largest absolute Gasteiger partial charge is 0.339 e. The van der Waals surface area contributed by atoms with Crippen molar-refractivity contribution in [2.75, 3.05) is 26.2 Å². The molecule has 8 nitrogen and oxygen atoms in total. The van der Waals surface area contributed by atoms with Gasteiger partial charge >= 0.3 is 0 Å². The van der Waals surface area contributed by atoms with Crippen LogP contribution in [0.5, 0.6) is 0 Å². The molecule has 2 heterocycles. The van der Waals surface area contributed by atoms with E-state index in [1.165, 1.54) is 13.0 Å². The fourth-order valence-electron chi connectivity index (χ4n) is 3.48. The molecule has 28 heavy (non-hydrogen) atoms. The van der Waals surface area contributed by atoms with Gasteiger partial charge in [0, 0.05) is 38.7 Å². The van der Waals surface area contributed by atoms with Crippen molar-refractivity contribution in [2.45, 2.75) is 44.0 Å². The first-order chi connectivity index (χ1) is 13.3. The van der Waals surface area contributed by atoms with Crippen molar-refractivity contribution in [3.05, 3.63) is 29.8 Å². The molecule has 1 N–H and O–H groups in total. The zero-order valence-corrected chi connectivity index (χ0v) is 17.0. The normalized spacial score (nSPS) is 20.6. The van der Waals surface area contributed by atoms with Crippen molar-refractivity contribution in [3.63, 3.8) is 0 Å². The summed E-state index contributed by atoms with van der Waals surface area (Å²) in [6, 6.07) is 5.99. The second-order valence-corrected chi connectivity index (χ2v) is 8.72. The molecule has 3 rings (SSSR count). The second kappa shape index (κ2) is 8.30. The first-order valence-electron chi connectivity index (χ1n) is 9.58. The lowest BCUT2D eigenvalue weighted by Gasteiger charge is -2.35. The molecule has 1 fully saturated rings. The van der Waals surface area contributed by atoms with Crippen LogP contribution in [0.25, 0.3) is 0 Å². The van der Waals surface area contributed by atoms with Crippen LogP contribution in [0.1, 0.15) is 38.7 Å². The third kappa shape index (κ3) is 4.19. The first kappa shape index (κ1) is 20.3. The van der Waals surface area contributed by atoms with Gasteiger partial charge in [0.05, 0.1) is 4.90 Å². The summed E-state index contributed by atoms with van der Waals surface area (Å²) in [7, 11) is -3.64. The number of hydrogen-bond acceptors (Lipinski definition) is 5. The number of amidine groups is 1. The van der Waals surface area contributed by atoms with Crippen molar-refractivity contribution < 1.29 is 18.0 Å². The van der Waals surface area contributed by atoms with Gasteiger partial charge in [0.15, 0.2) is 0 Å². The number of carbonyl (C=O) groups is 2. The Morgan fingerprint density at radius 2 is 1.79 bits per heavy atom. The van der Waals surface area contributed by atoms with Gasteiger partial charge in [-0.1, -0.05) is 31.9 Å². The molecule has 0 bridgehead atoms.